The lowest BCUT2D eigenvalue weighted by Gasteiger charge is -2.14. The summed E-state index contributed by atoms with van der Waals surface area (Å²) >= 11 is 13.6. The monoisotopic (exact) mass is 279 g/mol. The summed E-state index contributed by atoms with van der Waals surface area (Å²) in [6, 6.07) is 5.47. The maximum Gasteiger partial charge on any atom is 0.0558 e. The SMILES string of the molecule is CN(CCO)CCSc1cc(Cl)ccc1Cl. The average Bonchev–Trinajstić information content (AvgIpc) is 2.23. The van der Waals surface area contributed by atoms with Crippen LogP contribution in [0, 0.1) is 0 Å². The van der Waals surface area contributed by atoms with Crippen molar-refractivity contribution in [2.75, 3.05) is 32.5 Å². The lowest BCUT2D eigenvalue weighted by molar-refractivity contribution is 0.228. The van der Waals surface area contributed by atoms with E-state index < -0.39 is 0 Å². The molecule has 0 amide bonds. The lowest BCUT2D eigenvalue weighted by atomic mass is 10.4. The van der Waals surface area contributed by atoms with Crippen LogP contribution >= 0.6 is 35.0 Å². The van der Waals surface area contributed by atoms with Crippen LogP contribution in [0.2, 0.25) is 10.0 Å². The molecule has 90 valence electrons. The second-order valence-electron chi connectivity index (χ2n) is 3.45. The summed E-state index contributed by atoms with van der Waals surface area (Å²) in [5.41, 5.74) is 0. The number of rotatable bonds is 6. The van der Waals surface area contributed by atoms with Crippen molar-refractivity contribution in [1.29, 1.82) is 0 Å². The molecule has 0 aliphatic rings. The molecule has 0 aliphatic heterocycles. The highest BCUT2D eigenvalue weighted by Gasteiger charge is 2.03. The highest BCUT2D eigenvalue weighted by atomic mass is 35.5. The third-order valence-corrected chi connectivity index (χ3v) is 3.82. The van der Waals surface area contributed by atoms with Gasteiger partial charge in [0, 0.05) is 28.8 Å². The molecule has 0 fully saturated rings. The van der Waals surface area contributed by atoms with Crippen LogP contribution in [0.15, 0.2) is 23.1 Å². The van der Waals surface area contributed by atoms with E-state index in [-0.39, 0.29) is 6.61 Å². The predicted molar refractivity (Wildman–Crippen MR) is 71.8 cm³/mol. The van der Waals surface area contributed by atoms with E-state index in [0.717, 1.165) is 22.2 Å². The molecule has 0 aromatic heterocycles. The van der Waals surface area contributed by atoms with Gasteiger partial charge in [0.15, 0.2) is 0 Å². The fourth-order valence-corrected chi connectivity index (χ4v) is 2.74. The van der Waals surface area contributed by atoms with E-state index in [9.17, 15) is 0 Å². The van der Waals surface area contributed by atoms with Gasteiger partial charge in [-0.1, -0.05) is 23.2 Å². The Morgan fingerprint density at radius 3 is 2.75 bits per heavy atom. The Balaban J connectivity index is 2.39. The van der Waals surface area contributed by atoms with Gasteiger partial charge >= 0.3 is 0 Å². The van der Waals surface area contributed by atoms with Crippen LogP contribution in [0.25, 0.3) is 0 Å². The quantitative estimate of drug-likeness (QED) is 0.810. The standard InChI is InChI=1S/C11H15Cl2NOS/c1-14(4-6-15)5-7-16-11-8-9(12)2-3-10(11)13/h2-3,8,15H,4-7H2,1H3. The smallest absolute Gasteiger partial charge is 0.0558 e. The van der Waals surface area contributed by atoms with Gasteiger partial charge in [0.1, 0.15) is 0 Å². The molecule has 0 saturated heterocycles. The third-order valence-electron chi connectivity index (χ3n) is 2.11. The van der Waals surface area contributed by atoms with Crippen LogP contribution in [0.4, 0.5) is 0 Å². The molecule has 16 heavy (non-hydrogen) atoms. The molecule has 1 N–H and O–H groups in total. The second-order valence-corrected chi connectivity index (χ2v) is 5.43. The van der Waals surface area contributed by atoms with Gasteiger partial charge in [-0.3, -0.25) is 0 Å². The number of nitrogens with zero attached hydrogens (tertiary/aromatic N) is 1. The Labute approximate surface area is 111 Å². The first-order valence-electron chi connectivity index (χ1n) is 5.00. The Kier molecular flexibility index (Phi) is 6.54. The van der Waals surface area contributed by atoms with E-state index in [2.05, 4.69) is 4.90 Å². The Hall–Kier alpha value is 0.0700. The molecule has 1 aromatic rings. The summed E-state index contributed by atoms with van der Waals surface area (Å²) in [4.78, 5) is 3.08. The van der Waals surface area contributed by atoms with E-state index >= 15 is 0 Å². The zero-order valence-corrected chi connectivity index (χ0v) is 11.4. The van der Waals surface area contributed by atoms with Crippen molar-refractivity contribution in [1.82, 2.24) is 4.90 Å². The van der Waals surface area contributed by atoms with Gasteiger partial charge in [0.2, 0.25) is 0 Å². The minimum atomic E-state index is 0.194. The van der Waals surface area contributed by atoms with Crippen LogP contribution in [0.1, 0.15) is 0 Å². The van der Waals surface area contributed by atoms with Crippen LogP contribution in [-0.2, 0) is 0 Å². The summed E-state index contributed by atoms with van der Waals surface area (Å²) < 4.78 is 0. The van der Waals surface area contributed by atoms with E-state index in [1.54, 1.807) is 17.8 Å². The molecule has 0 unspecified atom stereocenters. The van der Waals surface area contributed by atoms with Crippen molar-refractivity contribution in [3.05, 3.63) is 28.2 Å². The Bertz CT molecular complexity index is 336. The van der Waals surface area contributed by atoms with Gasteiger partial charge < -0.3 is 10.0 Å². The van der Waals surface area contributed by atoms with Crippen molar-refractivity contribution < 1.29 is 5.11 Å². The maximum absolute atomic E-state index is 8.75. The van der Waals surface area contributed by atoms with E-state index in [4.69, 9.17) is 28.3 Å². The molecule has 0 aliphatic carbocycles. The predicted octanol–water partition coefficient (Wildman–Crippen LogP) is 3.01. The van der Waals surface area contributed by atoms with Crippen molar-refractivity contribution in [3.8, 4) is 0 Å². The molecule has 1 aromatic carbocycles. The van der Waals surface area contributed by atoms with E-state index in [1.807, 2.05) is 19.2 Å². The molecular formula is C11H15Cl2NOS. The third kappa shape index (κ3) is 4.93. The number of benzene rings is 1. The largest absolute Gasteiger partial charge is 0.395 e. The first-order valence-corrected chi connectivity index (χ1v) is 6.75. The fraction of sp³-hybridized carbons (Fsp3) is 0.455. The van der Waals surface area contributed by atoms with Crippen LogP contribution in [-0.4, -0.2) is 42.5 Å². The van der Waals surface area contributed by atoms with Crippen LogP contribution in [0.3, 0.4) is 0 Å². The highest BCUT2D eigenvalue weighted by molar-refractivity contribution is 7.99. The second kappa shape index (κ2) is 7.41. The van der Waals surface area contributed by atoms with Gasteiger partial charge in [0.05, 0.1) is 11.6 Å². The normalized spacial score (nSPS) is 11.1. The first-order chi connectivity index (χ1) is 7.63. The summed E-state index contributed by atoms with van der Waals surface area (Å²) in [5.74, 6) is 0.927. The molecule has 2 nitrogen and oxygen atoms in total. The summed E-state index contributed by atoms with van der Waals surface area (Å²) in [5, 5.41) is 10.2. The zero-order valence-electron chi connectivity index (χ0n) is 9.12. The molecular weight excluding hydrogens is 265 g/mol. The number of likely N-dealkylation sites (N-methyl/N-ethyl adjacent to an activating group) is 1. The molecule has 1 rings (SSSR count). The Morgan fingerprint density at radius 2 is 2.06 bits per heavy atom. The van der Waals surface area contributed by atoms with Crippen molar-refractivity contribution in [2.45, 2.75) is 4.90 Å². The molecule has 0 atom stereocenters. The van der Waals surface area contributed by atoms with Gasteiger partial charge in [-0.2, -0.15) is 0 Å². The Morgan fingerprint density at radius 1 is 1.31 bits per heavy atom. The van der Waals surface area contributed by atoms with Crippen LogP contribution < -0.4 is 0 Å². The maximum atomic E-state index is 8.75. The van der Waals surface area contributed by atoms with Crippen LogP contribution in [0.5, 0.6) is 0 Å². The number of thioether (sulfide) groups is 1. The minimum Gasteiger partial charge on any atom is -0.395 e. The van der Waals surface area contributed by atoms with Crippen molar-refractivity contribution >= 4 is 35.0 Å². The van der Waals surface area contributed by atoms with Crippen molar-refractivity contribution in [3.63, 3.8) is 0 Å². The van der Waals surface area contributed by atoms with Gasteiger partial charge in [0.25, 0.3) is 0 Å². The zero-order chi connectivity index (χ0) is 12.0. The summed E-state index contributed by atoms with van der Waals surface area (Å²) in [6.45, 7) is 1.80. The van der Waals surface area contributed by atoms with Crippen molar-refractivity contribution in [2.24, 2.45) is 0 Å². The minimum absolute atomic E-state index is 0.194. The molecule has 5 heteroatoms. The summed E-state index contributed by atoms with van der Waals surface area (Å²) in [6.07, 6.45) is 0. The van der Waals surface area contributed by atoms with Gasteiger partial charge in [-0.15, -0.1) is 11.8 Å². The number of aliphatic hydroxyl groups excluding tert-OH is 1. The molecule has 0 heterocycles. The summed E-state index contributed by atoms with van der Waals surface area (Å²) in [7, 11) is 1.98. The average molecular weight is 280 g/mol. The number of aliphatic hydroxyl groups is 1. The first kappa shape index (κ1) is 14.1. The molecule has 0 spiro atoms. The number of halogens is 2. The van der Waals surface area contributed by atoms with Gasteiger partial charge in [-0.25, -0.2) is 0 Å². The highest BCUT2D eigenvalue weighted by Crippen LogP contribution is 2.29. The molecule has 0 saturated carbocycles. The lowest BCUT2D eigenvalue weighted by Crippen LogP contribution is -2.24. The molecule has 0 bridgehead atoms. The molecule has 0 radical (unpaired) electrons. The topological polar surface area (TPSA) is 23.5 Å². The van der Waals surface area contributed by atoms with E-state index in [1.165, 1.54) is 0 Å². The van der Waals surface area contributed by atoms with Gasteiger partial charge in [-0.05, 0) is 25.2 Å². The number of hydrogen-bond donors (Lipinski definition) is 1. The fourth-order valence-electron chi connectivity index (χ4n) is 1.18. The number of hydrogen-bond acceptors (Lipinski definition) is 3. The van der Waals surface area contributed by atoms with E-state index in [0.29, 0.717) is 11.6 Å².